The summed E-state index contributed by atoms with van der Waals surface area (Å²) in [6.07, 6.45) is 2.55. The second kappa shape index (κ2) is 20.0. The zero-order chi connectivity index (χ0) is 47.1. The van der Waals surface area contributed by atoms with E-state index in [2.05, 4.69) is 80.3 Å². The molecular formula is C34H44N24O7. The smallest absolute Gasteiger partial charge is 0.167 e. The third-order valence-corrected chi connectivity index (χ3v) is 10.8. The van der Waals surface area contributed by atoms with Crippen molar-refractivity contribution in [1.29, 1.82) is 0 Å². The summed E-state index contributed by atoms with van der Waals surface area (Å²) in [7, 11) is 0. The van der Waals surface area contributed by atoms with E-state index in [0.29, 0.717) is 58.7 Å². The van der Waals surface area contributed by atoms with Gasteiger partial charge in [0.2, 0.25) is 0 Å². The van der Waals surface area contributed by atoms with Gasteiger partial charge in [0.05, 0.1) is 62.0 Å². The maximum atomic E-state index is 10.5. The van der Waals surface area contributed by atoms with Crippen LogP contribution < -0.4 is 16.8 Å². The van der Waals surface area contributed by atoms with Crippen molar-refractivity contribution < 1.29 is 36.0 Å². The molecule has 9 heterocycles. The first-order valence-electron chi connectivity index (χ1n) is 20.6. The van der Waals surface area contributed by atoms with Gasteiger partial charge in [-0.05, 0) is 36.3 Å². The number of imidazole rings is 3. The maximum Gasteiger partial charge on any atom is 0.167 e. The number of aromatic nitrogens is 12. The number of hydrogen-bond donors (Lipinski definition) is 7. The summed E-state index contributed by atoms with van der Waals surface area (Å²) in [4.78, 5) is 44.9. The predicted octanol–water partition coefficient (Wildman–Crippen LogP) is 1.70. The first-order valence-corrected chi connectivity index (χ1v) is 19.9. The highest BCUT2D eigenvalue weighted by atomic mass is 16.6. The molecule has 6 aromatic heterocycles. The highest BCUT2D eigenvalue weighted by Crippen LogP contribution is 2.37. The Morgan fingerprint density at radius 2 is 1.02 bits per heavy atom. The van der Waals surface area contributed by atoms with Crippen LogP contribution in [0.3, 0.4) is 0 Å². The Morgan fingerprint density at radius 1 is 0.631 bits per heavy atom. The number of hydrogen-bond acceptors (Lipinski definition) is 22. The number of aliphatic hydroxyl groups is 4. The molecule has 65 heavy (non-hydrogen) atoms. The molecule has 12 atom stereocenters. The fraction of sp³-hybridized carbons (Fsp3) is 0.559. The number of anilines is 3. The summed E-state index contributed by atoms with van der Waals surface area (Å²) in [6.45, 7) is 4.06. The lowest BCUT2D eigenvalue weighted by Crippen LogP contribution is -2.31. The number of nitrogen functional groups attached to an aromatic ring is 2. The Kier molecular flexibility index (Phi) is 13.7. The van der Waals surface area contributed by atoms with Gasteiger partial charge in [-0.3, -0.25) is 13.7 Å². The van der Waals surface area contributed by atoms with Gasteiger partial charge in [0.25, 0.3) is 0 Å². The minimum atomic E-state index is -1.15. The summed E-state index contributed by atoms with van der Waals surface area (Å²) in [6, 6.07) is -2.21. The zero-order valence-electron chi connectivity index (χ0n) is 35.5. The average Bonchev–Trinajstić information content (AvgIpc) is 4.20. The number of nitrogens with two attached hydrogens (primary N) is 2. The van der Waals surface area contributed by atoms with Crippen LogP contribution in [0.5, 0.6) is 0 Å². The van der Waals surface area contributed by atoms with Gasteiger partial charge in [0.15, 0.2) is 58.6 Å². The molecule has 0 spiro atoms. The first kappa shape index (κ1) is 44.3. The fourth-order valence-electron chi connectivity index (χ4n) is 7.71. The van der Waals surface area contributed by atoms with E-state index < -0.39 is 61.2 Å². The van der Waals surface area contributed by atoms with Gasteiger partial charge in [-0.25, -0.2) is 44.9 Å². The Morgan fingerprint density at radius 3 is 1.42 bits per heavy atom. The molecule has 0 saturated carbocycles. The molecule has 0 bridgehead atoms. The Labute approximate surface area is 366 Å². The number of nitrogens with zero attached hydrogens (tertiary/aromatic N) is 21. The molecule has 3 saturated heterocycles. The molecule has 3 aliphatic heterocycles. The number of aliphatic hydroxyl groups excluding tert-OH is 4. The molecule has 31 heteroatoms. The van der Waals surface area contributed by atoms with Crippen molar-refractivity contribution in [2.45, 2.75) is 107 Å². The summed E-state index contributed by atoms with van der Waals surface area (Å²) >= 11 is 0. The molecule has 0 aliphatic carbocycles. The van der Waals surface area contributed by atoms with Crippen molar-refractivity contribution in [3.05, 3.63) is 69.3 Å². The molecule has 0 amide bonds. The normalized spacial score (nSPS) is 28.3. The zero-order valence-corrected chi connectivity index (χ0v) is 34.5. The number of azide groups is 3. The average molecular weight is 903 g/mol. The predicted molar refractivity (Wildman–Crippen MR) is 225 cm³/mol. The van der Waals surface area contributed by atoms with Crippen molar-refractivity contribution in [2.75, 3.05) is 29.9 Å². The van der Waals surface area contributed by atoms with Crippen LogP contribution in [0, 0.1) is 0 Å². The van der Waals surface area contributed by atoms with E-state index in [1.165, 1.54) is 42.5 Å². The molecule has 0 radical (unpaired) electrons. The van der Waals surface area contributed by atoms with Crippen LogP contribution in [0.1, 0.15) is 53.6 Å². The van der Waals surface area contributed by atoms with Crippen molar-refractivity contribution >= 4 is 50.9 Å². The van der Waals surface area contributed by atoms with Crippen LogP contribution in [-0.2, 0) is 14.2 Å². The second-order valence-corrected chi connectivity index (χ2v) is 14.4. The van der Waals surface area contributed by atoms with Crippen LogP contribution in [0.25, 0.3) is 64.8 Å². The van der Waals surface area contributed by atoms with E-state index in [4.69, 9.17) is 43.6 Å². The monoisotopic (exact) mass is 902 g/mol. The molecule has 3 fully saturated rings. The van der Waals surface area contributed by atoms with Crippen molar-refractivity contribution in [2.24, 2.45) is 15.3 Å². The van der Waals surface area contributed by atoms with Gasteiger partial charge >= 0.3 is 0 Å². The lowest BCUT2D eigenvalue weighted by molar-refractivity contribution is -0.0488. The summed E-state index contributed by atoms with van der Waals surface area (Å²) in [5, 5.41) is 54.2. The van der Waals surface area contributed by atoms with E-state index in [-0.39, 0.29) is 37.4 Å². The quantitative estimate of drug-likeness (QED) is 0.0552. The summed E-state index contributed by atoms with van der Waals surface area (Å²) in [5.74, 6) is 0.985. The van der Waals surface area contributed by atoms with Crippen LogP contribution in [-0.4, -0.2) is 147 Å². The van der Waals surface area contributed by atoms with Crippen LogP contribution in [0.15, 0.2) is 53.3 Å². The van der Waals surface area contributed by atoms with Gasteiger partial charge in [-0.2, -0.15) is 0 Å². The Bertz CT molecular complexity index is 2650. The second-order valence-electron chi connectivity index (χ2n) is 14.4. The molecule has 9 N–H and O–H groups in total. The maximum absolute atomic E-state index is 10.5. The van der Waals surface area contributed by atoms with Crippen molar-refractivity contribution in [1.82, 2.24) is 58.6 Å². The van der Waals surface area contributed by atoms with Crippen molar-refractivity contribution in [3.8, 4) is 0 Å². The highest BCUT2D eigenvalue weighted by molar-refractivity contribution is 5.83. The van der Waals surface area contributed by atoms with Gasteiger partial charge in [0.1, 0.15) is 48.3 Å². The Balaban J connectivity index is 0.000000148. The van der Waals surface area contributed by atoms with E-state index in [9.17, 15) is 20.4 Å². The fourth-order valence-corrected chi connectivity index (χ4v) is 7.71. The Hall–Kier alpha value is -7.30. The van der Waals surface area contributed by atoms with Crippen LogP contribution in [0.4, 0.5) is 17.5 Å². The molecule has 31 nitrogen and oxygen atoms in total. The molecule has 6 aromatic rings. The SMILES string of the molecule is CC[C@H]1O[C@@H](n2cnc3c(N)ncnc32)[C@H](O)[C@@H]1N=[N+]=[N-].[3H]CCNc1ncnc2c1ncn2[C@@H]1O[C@H](CC)[C@@H](N=[N+]=[N-])[C@H]1O.[N-]=[N+]=N[C@H]1[C@@H](O)[C@H](n2cnc3c(N)ncnc32)O[C@@H]1CO. The number of nitrogens with one attached hydrogen (secondary N) is 1. The van der Waals surface area contributed by atoms with Gasteiger partial charge < -0.3 is 51.4 Å². The molecule has 0 unspecified atom stereocenters. The van der Waals surface area contributed by atoms with Gasteiger partial charge in [-0.1, -0.05) is 29.2 Å². The molecule has 0 aromatic carbocycles. The largest absolute Gasteiger partial charge is 0.394 e. The van der Waals surface area contributed by atoms with Gasteiger partial charge in [0, 0.05) is 22.7 Å². The van der Waals surface area contributed by atoms with E-state index in [1.807, 2.05) is 13.8 Å². The first-order chi connectivity index (χ1) is 32.0. The third kappa shape index (κ3) is 8.69. The van der Waals surface area contributed by atoms with Crippen LogP contribution in [0.2, 0.25) is 0 Å². The number of ether oxygens (including phenoxy) is 3. The summed E-state index contributed by atoms with van der Waals surface area (Å²) in [5.41, 5.74) is 40.0. The van der Waals surface area contributed by atoms with Crippen LogP contribution >= 0.6 is 0 Å². The standard InChI is InChI=1S/C13H18N8O2.C11H14N8O2.C10H12N8O3/c1-3-7-8(19-20-14)10(22)13(23-7)21-6-18-9-11(15-4-2)16-5-17-12(9)21;1-2-5-6(17-18-13)8(20)11(21-5)19-4-16-7-9(12)14-3-15-10(7)19;11-8-6-9(14-2-13-8)18(3-15-6)10-7(20)5(16-17-12)4(1-19)21-10/h5-8,10,13,22H,3-4H2,1-2H3,(H,15,16,17);3-6,8,11,20H,2H2,1H3,(H2,12,14,15);2-5,7,10,19-20H,1H2,(H2,11,13,14)/t7-,8-,10-,13-;5-,6-,8-,11-;4-,5-,7-,10-/m111/s1/i2T;;. The molecule has 3 aliphatic rings. The highest BCUT2D eigenvalue weighted by Gasteiger charge is 2.46. The van der Waals surface area contributed by atoms with Gasteiger partial charge in [-0.15, -0.1) is 0 Å². The van der Waals surface area contributed by atoms with E-state index >= 15 is 0 Å². The topological polar surface area (TPSA) is 450 Å². The lowest BCUT2D eigenvalue weighted by Gasteiger charge is -2.16. The minimum absolute atomic E-state index is 0.205. The lowest BCUT2D eigenvalue weighted by atomic mass is 10.1. The number of rotatable bonds is 11. The minimum Gasteiger partial charge on any atom is -0.394 e. The summed E-state index contributed by atoms with van der Waals surface area (Å²) < 4.78 is 29.0. The molecular weight excluding hydrogens is 857 g/mol. The number of fused-ring (bicyclic) bond motifs is 3. The molecule has 9 rings (SSSR count). The van der Waals surface area contributed by atoms with E-state index in [0.717, 1.165) is 0 Å². The van der Waals surface area contributed by atoms with Crippen molar-refractivity contribution in [3.63, 3.8) is 0 Å². The molecule has 342 valence electrons. The van der Waals surface area contributed by atoms with E-state index in [1.54, 1.807) is 9.13 Å². The third-order valence-electron chi connectivity index (χ3n) is 10.8.